The predicted molar refractivity (Wildman–Crippen MR) is 142 cm³/mol. The fourth-order valence-electron chi connectivity index (χ4n) is 4.64. The molecule has 0 unspecified atom stereocenters. The van der Waals surface area contributed by atoms with Gasteiger partial charge in [-0.3, -0.25) is 23.5 Å². The minimum absolute atomic E-state index is 0.111. The molecular formula is C27H33N3O6S. The van der Waals surface area contributed by atoms with Crippen molar-refractivity contribution in [3.05, 3.63) is 47.5 Å². The van der Waals surface area contributed by atoms with Crippen LogP contribution in [0.5, 0.6) is 11.5 Å². The van der Waals surface area contributed by atoms with Crippen LogP contribution in [-0.2, 0) is 25.2 Å². The average Bonchev–Trinajstić information content (AvgIpc) is 3.53. The van der Waals surface area contributed by atoms with Gasteiger partial charge in [0.2, 0.25) is 24.5 Å². The van der Waals surface area contributed by atoms with Crippen LogP contribution in [0.1, 0.15) is 43.7 Å². The predicted octanol–water partition coefficient (Wildman–Crippen LogP) is 3.20. The van der Waals surface area contributed by atoms with E-state index in [1.807, 2.05) is 26.0 Å². The number of hydrogen-bond donors (Lipinski definition) is 2. The van der Waals surface area contributed by atoms with Crippen molar-refractivity contribution in [2.24, 2.45) is 0 Å². The van der Waals surface area contributed by atoms with E-state index in [2.05, 4.69) is 10.6 Å². The number of hydrogen-bond acceptors (Lipinski definition) is 6. The lowest BCUT2D eigenvalue weighted by Gasteiger charge is -2.31. The minimum atomic E-state index is -1.78. The molecular weight excluding hydrogens is 494 g/mol. The van der Waals surface area contributed by atoms with Gasteiger partial charge in [0.05, 0.1) is 0 Å². The second-order valence-electron chi connectivity index (χ2n) is 9.49. The number of aryl methyl sites for hydroxylation is 1. The number of nitrogens with one attached hydrogen (secondary N) is 2. The molecule has 3 amide bonds. The molecule has 37 heavy (non-hydrogen) atoms. The summed E-state index contributed by atoms with van der Waals surface area (Å²) < 4.78 is 23.4. The summed E-state index contributed by atoms with van der Waals surface area (Å²) in [6.07, 6.45) is 4.01. The fraction of sp³-hybridized carbons (Fsp3) is 0.444. The Balaban J connectivity index is 1.43. The van der Waals surface area contributed by atoms with Crippen molar-refractivity contribution in [2.75, 3.05) is 28.5 Å². The Morgan fingerprint density at radius 3 is 2.54 bits per heavy atom. The Labute approximate surface area is 219 Å². The minimum Gasteiger partial charge on any atom is -0.454 e. The maximum absolute atomic E-state index is 13.5. The molecule has 0 radical (unpaired) electrons. The lowest BCUT2D eigenvalue weighted by molar-refractivity contribution is -0.125. The maximum Gasteiger partial charge on any atom is 0.243 e. The molecule has 2 aromatic carbocycles. The van der Waals surface area contributed by atoms with Gasteiger partial charge in [-0.25, -0.2) is 0 Å². The average molecular weight is 528 g/mol. The van der Waals surface area contributed by atoms with Crippen LogP contribution in [-0.4, -0.2) is 52.3 Å². The van der Waals surface area contributed by atoms with Crippen LogP contribution in [0.15, 0.2) is 36.4 Å². The third kappa shape index (κ3) is 6.49. The van der Waals surface area contributed by atoms with Gasteiger partial charge in [0.25, 0.3) is 0 Å². The van der Waals surface area contributed by atoms with Crippen molar-refractivity contribution >= 4 is 39.9 Å². The SMILES string of the molecule is Cc1cccc(N(C(=O)C[S@@](=O)CC(=O)Nc2ccc3c(c2)OCO3)[C@@H](C)C(=O)NC2CCCC2)c1C. The highest BCUT2D eigenvalue weighted by atomic mass is 32.2. The lowest BCUT2D eigenvalue weighted by Crippen LogP contribution is -2.51. The Kier molecular flexibility index (Phi) is 8.48. The van der Waals surface area contributed by atoms with Gasteiger partial charge in [0, 0.05) is 34.3 Å². The normalized spacial score (nSPS) is 16.2. The molecule has 0 saturated heterocycles. The molecule has 9 nitrogen and oxygen atoms in total. The third-order valence-electron chi connectivity index (χ3n) is 6.81. The molecule has 0 aromatic heterocycles. The van der Waals surface area contributed by atoms with Gasteiger partial charge in [0.1, 0.15) is 17.5 Å². The molecule has 4 rings (SSSR count). The van der Waals surface area contributed by atoms with Crippen LogP contribution >= 0.6 is 0 Å². The summed E-state index contributed by atoms with van der Waals surface area (Å²) in [5.74, 6) is -0.848. The highest BCUT2D eigenvalue weighted by Crippen LogP contribution is 2.34. The number of ether oxygens (including phenoxy) is 2. The van der Waals surface area contributed by atoms with Gasteiger partial charge < -0.3 is 20.1 Å². The summed E-state index contributed by atoms with van der Waals surface area (Å²) in [5.41, 5.74) is 2.92. The van der Waals surface area contributed by atoms with E-state index < -0.39 is 28.7 Å². The number of benzene rings is 2. The van der Waals surface area contributed by atoms with Gasteiger partial charge in [-0.05, 0) is 62.9 Å². The summed E-state index contributed by atoms with van der Waals surface area (Å²) in [7, 11) is -1.78. The fourth-order valence-corrected chi connectivity index (χ4v) is 5.52. The molecule has 2 atom stereocenters. The Morgan fingerprint density at radius 2 is 1.78 bits per heavy atom. The van der Waals surface area contributed by atoms with Crippen molar-refractivity contribution in [1.29, 1.82) is 0 Å². The molecule has 2 aliphatic rings. The first-order valence-corrected chi connectivity index (χ1v) is 13.9. The largest absolute Gasteiger partial charge is 0.454 e. The number of fused-ring (bicyclic) bond motifs is 1. The van der Waals surface area contributed by atoms with E-state index in [-0.39, 0.29) is 30.2 Å². The second-order valence-corrected chi connectivity index (χ2v) is 11.0. The zero-order valence-electron chi connectivity index (χ0n) is 21.4. The first kappa shape index (κ1) is 26.7. The molecule has 2 aromatic rings. The van der Waals surface area contributed by atoms with Crippen molar-refractivity contribution < 1.29 is 28.1 Å². The maximum atomic E-state index is 13.5. The van der Waals surface area contributed by atoms with Crippen molar-refractivity contribution in [1.82, 2.24) is 5.32 Å². The van der Waals surface area contributed by atoms with Crippen LogP contribution in [0.3, 0.4) is 0 Å². The first-order valence-electron chi connectivity index (χ1n) is 12.5. The second kappa shape index (κ2) is 11.8. The zero-order chi connectivity index (χ0) is 26.5. The summed E-state index contributed by atoms with van der Waals surface area (Å²) >= 11 is 0. The van der Waals surface area contributed by atoms with Crippen LogP contribution in [0.2, 0.25) is 0 Å². The van der Waals surface area contributed by atoms with Crippen LogP contribution < -0.4 is 25.0 Å². The lowest BCUT2D eigenvalue weighted by atomic mass is 10.1. The van der Waals surface area contributed by atoms with Crippen molar-refractivity contribution in [2.45, 2.75) is 58.5 Å². The number of amides is 3. The van der Waals surface area contributed by atoms with Crippen LogP contribution in [0, 0.1) is 13.8 Å². The van der Waals surface area contributed by atoms with Crippen LogP contribution in [0.25, 0.3) is 0 Å². The molecule has 0 bridgehead atoms. The van der Waals surface area contributed by atoms with E-state index in [0.717, 1.165) is 36.8 Å². The first-order chi connectivity index (χ1) is 17.7. The summed E-state index contributed by atoms with van der Waals surface area (Å²) in [6, 6.07) is 9.83. The molecule has 1 aliphatic carbocycles. The van der Waals surface area contributed by atoms with E-state index in [1.165, 1.54) is 4.90 Å². The third-order valence-corrected chi connectivity index (χ3v) is 7.96. The summed E-state index contributed by atoms with van der Waals surface area (Å²) in [5, 5.41) is 5.73. The Morgan fingerprint density at radius 1 is 1.05 bits per heavy atom. The van der Waals surface area contributed by atoms with Crippen molar-refractivity contribution in [3.63, 3.8) is 0 Å². The highest BCUT2D eigenvalue weighted by Gasteiger charge is 2.31. The van der Waals surface area contributed by atoms with E-state index in [1.54, 1.807) is 31.2 Å². The molecule has 1 aliphatic heterocycles. The van der Waals surface area contributed by atoms with Gasteiger partial charge in [-0.15, -0.1) is 0 Å². The molecule has 10 heteroatoms. The van der Waals surface area contributed by atoms with E-state index >= 15 is 0 Å². The van der Waals surface area contributed by atoms with Crippen molar-refractivity contribution in [3.8, 4) is 11.5 Å². The van der Waals surface area contributed by atoms with E-state index in [9.17, 15) is 18.6 Å². The number of nitrogens with zero attached hydrogens (tertiary/aromatic N) is 1. The Bertz CT molecular complexity index is 1210. The number of carbonyl (C=O) groups is 3. The van der Waals surface area contributed by atoms with Gasteiger partial charge in [0.15, 0.2) is 11.5 Å². The molecule has 2 N–H and O–H groups in total. The van der Waals surface area contributed by atoms with E-state index in [4.69, 9.17) is 9.47 Å². The highest BCUT2D eigenvalue weighted by molar-refractivity contribution is 7.86. The van der Waals surface area contributed by atoms with E-state index in [0.29, 0.717) is 22.9 Å². The van der Waals surface area contributed by atoms with Gasteiger partial charge in [-0.1, -0.05) is 25.0 Å². The Hall–Kier alpha value is -3.40. The topological polar surface area (TPSA) is 114 Å². The molecule has 1 fully saturated rings. The molecule has 1 saturated carbocycles. The summed E-state index contributed by atoms with van der Waals surface area (Å²) in [4.78, 5) is 40.5. The zero-order valence-corrected chi connectivity index (χ0v) is 22.2. The smallest absolute Gasteiger partial charge is 0.243 e. The number of carbonyl (C=O) groups excluding carboxylic acids is 3. The number of rotatable bonds is 9. The quantitative estimate of drug-likeness (QED) is 0.518. The van der Waals surface area contributed by atoms with Crippen LogP contribution in [0.4, 0.5) is 11.4 Å². The number of anilines is 2. The summed E-state index contributed by atoms with van der Waals surface area (Å²) in [6.45, 7) is 5.62. The standard InChI is InChI=1S/C27H33N3O6S/c1-17-7-6-10-22(18(17)2)30(19(3)27(33)29-20-8-4-5-9-20)26(32)15-37(34)14-25(31)28-21-11-12-23-24(13-21)36-16-35-23/h6-7,10-13,19-20H,4-5,8-9,14-16H2,1-3H3,(H,28,31)(H,29,33)/t19-,37-/m0/s1. The molecule has 198 valence electrons. The van der Waals surface area contributed by atoms with Gasteiger partial charge >= 0.3 is 0 Å². The molecule has 0 spiro atoms. The molecule has 1 heterocycles. The monoisotopic (exact) mass is 527 g/mol. The van der Waals surface area contributed by atoms with Gasteiger partial charge in [-0.2, -0.15) is 0 Å².